The molecule has 0 saturated carbocycles. The van der Waals surface area contributed by atoms with Crippen molar-refractivity contribution in [2.24, 2.45) is 0 Å². The Kier molecular flexibility index (Phi) is 7.07. The molecule has 1 saturated heterocycles. The standard InChI is InChI=1S/C24H28ClN3O4S/c1-17(29)26-23(19-5-8-21(25)9-6-19)16-24(30)27-11-13-28(14-12-27)33(31,32)22-10-7-18-3-2-4-20(18)15-22/h5-10,15,23H,2-4,11-14,16H2,1H3,(H,26,29)/t23-/m0/s1. The summed E-state index contributed by atoms with van der Waals surface area (Å²) in [7, 11) is -3.59. The number of aryl methyl sites for hydroxylation is 2. The van der Waals surface area contributed by atoms with Gasteiger partial charge in [-0.2, -0.15) is 4.31 Å². The monoisotopic (exact) mass is 489 g/mol. The molecule has 0 aromatic heterocycles. The van der Waals surface area contributed by atoms with Gasteiger partial charge in [-0.05, 0) is 60.2 Å². The zero-order valence-electron chi connectivity index (χ0n) is 18.6. The van der Waals surface area contributed by atoms with Gasteiger partial charge in [0.15, 0.2) is 0 Å². The van der Waals surface area contributed by atoms with Crippen molar-refractivity contribution in [1.82, 2.24) is 14.5 Å². The third-order valence-corrected chi connectivity index (χ3v) is 8.47. The summed E-state index contributed by atoms with van der Waals surface area (Å²) in [5.41, 5.74) is 3.15. The number of hydrogen-bond donors (Lipinski definition) is 1. The fourth-order valence-corrected chi connectivity index (χ4v) is 6.13. The van der Waals surface area contributed by atoms with Crippen LogP contribution in [0.2, 0.25) is 5.02 Å². The van der Waals surface area contributed by atoms with Gasteiger partial charge in [0.1, 0.15) is 0 Å². The largest absolute Gasteiger partial charge is 0.349 e. The Morgan fingerprint density at radius 3 is 2.33 bits per heavy atom. The number of piperazine rings is 1. The molecule has 9 heteroatoms. The van der Waals surface area contributed by atoms with Crippen LogP contribution in [0.4, 0.5) is 0 Å². The molecule has 33 heavy (non-hydrogen) atoms. The van der Waals surface area contributed by atoms with E-state index in [0.717, 1.165) is 30.4 Å². The van der Waals surface area contributed by atoms with E-state index >= 15 is 0 Å². The SMILES string of the molecule is CC(=O)N[C@@H](CC(=O)N1CCN(S(=O)(=O)c2ccc3c(c2)CCC3)CC1)c1ccc(Cl)cc1. The highest BCUT2D eigenvalue weighted by Gasteiger charge is 2.31. The van der Waals surface area contributed by atoms with Crippen LogP contribution in [-0.2, 0) is 32.5 Å². The zero-order valence-corrected chi connectivity index (χ0v) is 20.2. The topological polar surface area (TPSA) is 86.8 Å². The number of fused-ring (bicyclic) bond motifs is 1. The van der Waals surface area contributed by atoms with Crippen LogP contribution in [0.5, 0.6) is 0 Å². The average Bonchev–Trinajstić information content (AvgIpc) is 3.27. The molecule has 0 spiro atoms. The second kappa shape index (κ2) is 9.83. The van der Waals surface area contributed by atoms with E-state index in [2.05, 4.69) is 5.32 Å². The first-order valence-corrected chi connectivity index (χ1v) is 13.0. The fourth-order valence-electron chi connectivity index (χ4n) is 4.53. The van der Waals surface area contributed by atoms with Crippen molar-refractivity contribution in [2.75, 3.05) is 26.2 Å². The minimum absolute atomic E-state index is 0.0960. The van der Waals surface area contributed by atoms with Crippen LogP contribution in [0.1, 0.15) is 42.5 Å². The lowest BCUT2D eigenvalue weighted by Crippen LogP contribution is -2.51. The molecule has 2 aromatic rings. The van der Waals surface area contributed by atoms with E-state index in [0.29, 0.717) is 23.0 Å². The molecule has 1 fully saturated rings. The van der Waals surface area contributed by atoms with E-state index in [9.17, 15) is 18.0 Å². The number of sulfonamides is 1. The lowest BCUT2D eigenvalue weighted by molar-refractivity contribution is -0.133. The molecule has 1 atom stereocenters. The van der Waals surface area contributed by atoms with Crippen LogP contribution in [0.25, 0.3) is 0 Å². The highest BCUT2D eigenvalue weighted by atomic mass is 35.5. The summed E-state index contributed by atoms with van der Waals surface area (Å²) in [6.45, 7) is 2.54. The lowest BCUT2D eigenvalue weighted by Gasteiger charge is -2.35. The molecular weight excluding hydrogens is 462 g/mol. The number of halogens is 1. The van der Waals surface area contributed by atoms with Gasteiger partial charge in [-0.1, -0.05) is 29.8 Å². The molecule has 7 nitrogen and oxygen atoms in total. The van der Waals surface area contributed by atoms with E-state index in [1.165, 1.54) is 16.8 Å². The number of carbonyl (C=O) groups is 2. The smallest absolute Gasteiger partial charge is 0.243 e. The maximum atomic E-state index is 13.1. The second-order valence-corrected chi connectivity index (χ2v) is 11.0. The minimum Gasteiger partial charge on any atom is -0.349 e. The Morgan fingerprint density at radius 2 is 1.67 bits per heavy atom. The predicted molar refractivity (Wildman–Crippen MR) is 126 cm³/mol. The van der Waals surface area contributed by atoms with E-state index in [4.69, 9.17) is 11.6 Å². The summed E-state index contributed by atoms with van der Waals surface area (Å²) < 4.78 is 27.7. The fraction of sp³-hybridized carbons (Fsp3) is 0.417. The first-order chi connectivity index (χ1) is 15.7. The third kappa shape index (κ3) is 5.39. The summed E-state index contributed by atoms with van der Waals surface area (Å²) in [6.07, 6.45) is 3.09. The highest BCUT2D eigenvalue weighted by Crippen LogP contribution is 2.27. The molecule has 1 heterocycles. The van der Waals surface area contributed by atoms with Gasteiger partial charge in [-0.3, -0.25) is 9.59 Å². The quantitative estimate of drug-likeness (QED) is 0.676. The molecule has 4 rings (SSSR count). The predicted octanol–water partition coefficient (Wildman–Crippen LogP) is 2.93. The van der Waals surface area contributed by atoms with Crippen LogP contribution in [0.15, 0.2) is 47.4 Å². The highest BCUT2D eigenvalue weighted by molar-refractivity contribution is 7.89. The Hall–Kier alpha value is -2.42. The Labute approximate surface area is 199 Å². The van der Waals surface area contributed by atoms with Gasteiger partial charge in [0.2, 0.25) is 21.8 Å². The molecule has 2 aliphatic rings. The van der Waals surface area contributed by atoms with Crippen molar-refractivity contribution in [3.05, 3.63) is 64.2 Å². The molecule has 0 bridgehead atoms. The van der Waals surface area contributed by atoms with Gasteiger partial charge >= 0.3 is 0 Å². The van der Waals surface area contributed by atoms with Crippen molar-refractivity contribution in [2.45, 2.75) is 43.5 Å². The van der Waals surface area contributed by atoms with Crippen molar-refractivity contribution in [3.8, 4) is 0 Å². The number of hydrogen-bond acceptors (Lipinski definition) is 4. The Morgan fingerprint density at radius 1 is 1.00 bits per heavy atom. The first-order valence-electron chi connectivity index (χ1n) is 11.2. The van der Waals surface area contributed by atoms with Crippen LogP contribution in [0.3, 0.4) is 0 Å². The number of rotatable bonds is 6. The molecule has 1 aliphatic heterocycles. The second-order valence-electron chi connectivity index (χ2n) is 8.58. The van der Waals surface area contributed by atoms with Crippen LogP contribution < -0.4 is 5.32 Å². The maximum absolute atomic E-state index is 13.1. The molecule has 2 aromatic carbocycles. The summed E-state index contributed by atoms with van der Waals surface area (Å²) >= 11 is 5.96. The summed E-state index contributed by atoms with van der Waals surface area (Å²) in [6, 6.07) is 12.0. The summed E-state index contributed by atoms with van der Waals surface area (Å²) in [5.74, 6) is -0.355. The molecule has 0 radical (unpaired) electrons. The van der Waals surface area contributed by atoms with E-state index in [1.807, 2.05) is 6.07 Å². The number of nitrogens with zero attached hydrogens (tertiary/aromatic N) is 2. The molecule has 176 valence electrons. The van der Waals surface area contributed by atoms with Crippen LogP contribution in [0, 0.1) is 0 Å². The third-order valence-electron chi connectivity index (χ3n) is 6.33. The molecule has 1 N–H and O–H groups in total. The average molecular weight is 490 g/mol. The zero-order chi connectivity index (χ0) is 23.6. The number of nitrogens with one attached hydrogen (secondary N) is 1. The molecule has 1 aliphatic carbocycles. The maximum Gasteiger partial charge on any atom is 0.243 e. The van der Waals surface area contributed by atoms with E-state index in [-0.39, 0.29) is 31.3 Å². The first kappa shape index (κ1) is 23.7. The van der Waals surface area contributed by atoms with E-state index < -0.39 is 16.1 Å². The Bertz CT molecular complexity index is 1140. The normalized spacial score (nSPS) is 17.5. The van der Waals surface area contributed by atoms with Gasteiger partial charge in [-0.25, -0.2) is 8.42 Å². The lowest BCUT2D eigenvalue weighted by atomic mass is 10.0. The number of benzene rings is 2. The summed E-state index contributed by atoms with van der Waals surface area (Å²) in [4.78, 5) is 26.6. The van der Waals surface area contributed by atoms with Crippen LogP contribution >= 0.6 is 11.6 Å². The van der Waals surface area contributed by atoms with E-state index in [1.54, 1.807) is 41.3 Å². The van der Waals surface area contributed by atoms with Crippen molar-refractivity contribution < 1.29 is 18.0 Å². The summed E-state index contributed by atoms with van der Waals surface area (Å²) in [5, 5.41) is 3.40. The van der Waals surface area contributed by atoms with Crippen molar-refractivity contribution in [1.29, 1.82) is 0 Å². The van der Waals surface area contributed by atoms with Gasteiger partial charge < -0.3 is 10.2 Å². The van der Waals surface area contributed by atoms with Crippen LogP contribution in [-0.4, -0.2) is 55.6 Å². The van der Waals surface area contributed by atoms with Gasteiger partial charge in [-0.15, -0.1) is 0 Å². The van der Waals surface area contributed by atoms with Gasteiger partial charge in [0, 0.05) is 38.1 Å². The Balaban J connectivity index is 1.39. The van der Waals surface area contributed by atoms with Gasteiger partial charge in [0.05, 0.1) is 17.4 Å². The number of carbonyl (C=O) groups excluding carboxylic acids is 2. The van der Waals surface area contributed by atoms with Gasteiger partial charge in [0.25, 0.3) is 0 Å². The number of amides is 2. The minimum atomic E-state index is -3.59. The molecular formula is C24H28ClN3O4S. The molecule has 2 amide bonds. The van der Waals surface area contributed by atoms with Crippen molar-refractivity contribution in [3.63, 3.8) is 0 Å². The van der Waals surface area contributed by atoms with Crippen molar-refractivity contribution >= 4 is 33.4 Å². The molecule has 0 unspecified atom stereocenters.